The van der Waals surface area contributed by atoms with Gasteiger partial charge in [0.25, 0.3) is 0 Å². The Hall–Kier alpha value is -6.48. The van der Waals surface area contributed by atoms with Crippen molar-refractivity contribution in [1.82, 2.24) is 0 Å². The zero-order valence-corrected chi connectivity index (χ0v) is 29.2. The van der Waals surface area contributed by atoms with Crippen LogP contribution in [-0.2, 0) is 0 Å². The van der Waals surface area contributed by atoms with Gasteiger partial charge in [-0.15, -0.1) is 11.3 Å². The predicted octanol–water partition coefficient (Wildman–Crippen LogP) is 14.8. The Morgan fingerprint density at radius 2 is 0.865 bits per heavy atom. The lowest BCUT2D eigenvalue weighted by molar-refractivity contribution is 1.30. The van der Waals surface area contributed by atoms with E-state index < -0.39 is 0 Å². The molecule has 244 valence electrons. The summed E-state index contributed by atoms with van der Waals surface area (Å²) in [5.74, 6) is 0. The van der Waals surface area contributed by atoms with Crippen molar-refractivity contribution in [2.75, 3.05) is 4.90 Å². The number of nitrogens with zero attached hydrogens (tertiary/aromatic N) is 1. The Balaban J connectivity index is 1.09. The van der Waals surface area contributed by atoms with Gasteiger partial charge in [-0.1, -0.05) is 158 Å². The second-order valence-electron chi connectivity index (χ2n) is 13.3. The number of thiophene rings is 1. The van der Waals surface area contributed by atoms with Crippen LogP contribution in [-0.4, -0.2) is 0 Å². The Labute approximate surface area is 307 Å². The summed E-state index contributed by atoms with van der Waals surface area (Å²) in [6.07, 6.45) is 0. The molecule has 10 rings (SSSR count). The van der Waals surface area contributed by atoms with Crippen LogP contribution in [0, 0.1) is 0 Å². The van der Waals surface area contributed by atoms with E-state index in [1.54, 1.807) is 0 Å². The van der Waals surface area contributed by atoms with Gasteiger partial charge in [0.05, 0.1) is 10.4 Å². The normalized spacial score (nSPS) is 11.5. The van der Waals surface area contributed by atoms with E-state index >= 15 is 0 Å². The number of hydrogen-bond acceptors (Lipinski definition) is 2. The molecule has 0 radical (unpaired) electrons. The molecule has 0 spiro atoms. The van der Waals surface area contributed by atoms with E-state index in [9.17, 15) is 0 Å². The zero-order valence-electron chi connectivity index (χ0n) is 28.4. The lowest BCUT2D eigenvalue weighted by Gasteiger charge is -2.26. The lowest BCUT2D eigenvalue weighted by Crippen LogP contribution is -2.10. The summed E-state index contributed by atoms with van der Waals surface area (Å²) >= 11 is 1.87. The second-order valence-corrected chi connectivity index (χ2v) is 14.4. The fraction of sp³-hybridized carbons (Fsp3) is 0. The predicted molar refractivity (Wildman–Crippen MR) is 225 cm³/mol. The molecule has 0 aliphatic heterocycles. The molecule has 0 fully saturated rings. The van der Waals surface area contributed by atoms with Crippen molar-refractivity contribution in [3.05, 3.63) is 200 Å². The molecule has 0 aliphatic carbocycles. The minimum absolute atomic E-state index is 1.12. The minimum atomic E-state index is 1.12. The van der Waals surface area contributed by atoms with Crippen LogP contribution in [0.15, 0.2) is 200 Å². The van der Waals surface area contributed by atoms with Crippen LogP contribution in [0.25, 0.3) is 75.1 Å². The highest BCUT2D eigenvalue weighted by atomic mass is 32.1. The molecule has 2 heteroatoms. The molecule has 1 nitrogen and oxygen atoms in total. The molecule has 0 unspecified atom stereocenters. The molecule has 0 saturated carbocycles. The first-order valence-electron chi connectivity index (χ1n) is 17.8. The fourth-order valence-electron chi connectivity index (χ4n) is 7.73. The minimum Gasteiger partial charge on any atom is -0.309 e. The molecule has 10 aromatic rings. The first-order valence-corrected chi connectivity index (χ1v) is 18.6. The first-order chi connectivity index (χ1) is 25.8. The smallest absolute Gasteiger partial charge is 0.0640 e. The van der Waals surface area contributed by atoms with Gasteiger partial charge in [-0.05, 0) is 97.4 Å². The van der Waals surface area contributed by atoms with Crippen molar-refractivity contribution in [1.29, 1.82) is 0 Å². The number of benzene rings is 9. The van der Waals surface area contributed by atoms with Crippen molar-refractivity contribution >= 4 is 70.1 Å². The van der Waals surface area contributed by atoms with Crippen LogP contribution in [0.5, 0.6) is 0 Å². The van der Waals surface area contributed by atoms with Gasteiger partial charge in [0.15, 0.2) is 0 Å². The Bertz CT molecular complexity index is 2880. The topological polar surface area (TPSA) is 3.24 Å². The number of fused-ring (bicyclic) bond motifs is 5. The maximum Gasteiger partial charge on any atom is 0.0640 e. The zero-order chi connectivity index (χ0) is 34.4. The van der Waals surface area contributed by atoms with Gasteiger partial charge in [0, 0.05) is 26.8 Å². The van der Waals surface area contributed by atoms with E-state index in [4.69, 9.17) is 0 Å². The van der Waals surface area contributed by atoms with Crippen LogP contribution in [0.3, 0.4) is 0 Å². The first kappa shape index (κ1) is 30.4. The second kappa shape index (κ2) is 12.7. The number of anilines is 3. The van der Waals surface area contributed by atoms with Crippen molar-refractivity contribution in [3.63, 3.8) is 0 Å². The molecule has 0 aliphatic rings. The average Bonchev–Trinajstić information content (AvgIpc) is 3.61. The third-order valence-corrected chi connectivity index (χ3v) is 11.5. The van der Waals surface area contributed by atoms with Crippen LogP contribution in [0.1, 0.15) is 0 Å². The van der Waals surface area contributed by atoms with E-state index in [0.29, 0.717) is 0 Å². The standard InChI is InChI=1S/C50H33NS/c1-2-11-35(12-3-1)44-19-9-15-37-23-24-39(33-47(37)44)34-25-29-40(30-26-34)51(48-21-10-20-46-45-17-6-7-22-49(45)52-50(46)48)41-31-27-38(28-32-41)43-18-8-14-36-13-4-5-16-42(36)43/h1-33H. The van der Waals surface area contributed by atoms with E-state index in [-0.39, 0.29) is 0 Å². The molecule has 0 bridgehead atoms. The van der Waals surface area contributed by atoms with Crippen LogP contribution in [0.2, 0.25) is 0 Å². The van der Waals surface area contributed by atoms with Gasteiger partial charge in [-0.25, -0.2) is 0 Å². The van der Waals surface area contributed by atoms with Gasteiger partial charge in [-0.2, -0.15) is 0 Å². The summed E-state index contributed by atoms with van der Waals surface area (Å²) in [6.45, 7) is 0. The lowest BCUT2D eigenvalue weighted by atomic mass is 9.95. The maximum absolute atomic E-state index is 2.42. The molecular weight excluding hydrogens is 647 g/mol. The van der Waals surface area contributed by atoms with Crippen molar-refractivity contribution < 1.29 is 0 Å². The largest absolute Gasteiger partial charge is 0.309 e. The quantitative estimate of drug-likeness (QED) is 0.169. The van der Waals surface area contributed by atoms with Gasteiger partial charge in [0.2, 0.25) is 0 Å². The average molecular weight is 680 g/mol. The van der Waals surface area contributed by atoms with E-state index in [2.05, 4.69) is 205 Å². The molecule has 9 aromatic carbocycles. The van der Waals surface area contributed by atoms with Crippen LogP contribution in [0.4, 0.5) is 17.1 Å². The van der Waals surface area contributed by atoms with Gasteiger partial charge >= 0.3 is 0 Å². The summed E-state index contributed by atoms with van der Waals surface area (Å²) in [5, 5.41) is 7.63. The Morgan fingerprint density at radius 3 is 1.63 bits per heavy atom. The monoisotopic (exact) mass is 679 g/mol. The van der Waals surface area contributed by atoms with Crippen molar-refractivity contribution in [3.8, 4) is 33.4 Å². The highest BCUT2D eigenvalue weighted by Gasteiger charge is 2.19. The summed E-state index contributed by atoms with van der Waals surface area (Å²) in [6, 6.07) is 72.9. The maximum atomic E-state index is 2.42. The fourth-order valence-corrected chi connectivity index (χ4v) is 8.93. The van der Waals surface area contributed by atoms with Gasteiger partial charge in [0.1, 0.15) is 0 Å². The van der Waals surface area contributed by atoms with Gasteiger partial charge in [-0.3, -0.25) is 0 Å². The third kappa shape index (κ3) is 5.24. The molecule has 0 saturated heterocycles. The Morgan fingerprint density at radius 1 is 0.327 bits per heavy atom. The summed E-state index contributed by atoms with van der Waals surface area (Å²) < 4.78 is 2.59. The van der Waals surface area contributed by atoms with Crippen molar-refractivity contribution in [2.45, 2.75) is 0 Å². The van der Waals surface area contributed by atoms with E-state index in [1.807, 2.05) is 11.3 Å². The third-order valence-electron chi connectivity index (χ3n) is 10.3. The van der Waals surface area contributed by atoms with Crippen LogP contribution >= 0.6 is 11.3 Å². The van der Waals surface area contributed by atoms with E-state index in [0.717, 1.165) is 11.4 Å². The van der Waals surface area contributed by atoms with E-state index in [1.165, 1.54) is 80.8 Å². The molecule has 52 heavy (non-hydrogen) atoms. The molecule has 0 N–H and O–H groups in total. The van der Waals surface area contributed by atoms with Crippen molar-refractivity contribution in [2.24, 2.45) is 0 Å². The van der Waals surface area contributed by atoms with Gasteiger partial charge < -0.3 is 4.90 Å². The highest BCUT2D eigenvalue weighted by Crippen LogP contribution is 2.45. The summed E-state index contributed by atoms with van der Waals surface area (Å²) in [7, 11) is 0. The summed E-state index contributed by atoms with van der Waals surface area (Å²) in [5.41, 5.74) is 10.8. The number of rotatable bonds is 6. The molecule has 0 amide bonds. The molecular formula is C50H33NS. The molecule has 1 heterocycles. The highest BCUT2D eigenvalue weighted by molar-refractivity contribution is 7.26. The van der Waals surface area contributed by atoms with Crippen LogP contribution < -0.4 is 4.90 Å². The SMILES string of the molecule is c1ccc(-c2cccc3ccc(-c4ccc(N(c5ccc(-c6cccc7ccccc67)cc5)c5cccc6c5sc5ccccc56)cc4)cc23)cc1. The Kier molecular flexibility index (Phi) is 7.41. The number of hydrogen-bond donors (Lipinski definition) is 0. The molecule has 0 atom stereocenters. The summed E-state index contributed by atoms with van der Waals surface area (Å²) in [4.78, 5) is 2.42. The molecule has 1 aromatic heterocycles.